The highest BCUT2D eigenvalue weighted by Crippen LogP contribution is 2.22. The van der Waals surface area contributed by atoms with E-state index >= 15 is 0 Å². The maximum atomic E-state index is 12.6. The van der Waals surface area contributed by atoms with Crippen LogP contribution in [0.3, 0.4) is 0 Å². The fourth-order valence-corrected chi connectivity index (χ4v) is 3.16. The largest absolute Gasteiger partial charge is 0.352 e. The number of likely N-dealkylation sites (N-methyl/N-ethyl adjacent to an activating group) is 1. The Morgan fingerprint density at radius 3 is 2.33 bits per heavy atom. The molecule has 120 valence electrons. The van der Waals surface area contributed by atoms with Gasteiger partial charge in [0.2, 0.25) is 11.8 Å². The summed E-state index contributed by atoms with van der Waals surface area (Å²) in [6.45, 7) is 8.28. The molecule has 2 amide bonds. The van der Waals surface area contributed by atoms with Gasteiger partial charge in [-0.2, -0.15) is 0 Å². The van der Waals surface area contributed by atoms with Gasteiger partial charge in [0.05, 0.1) is 12.6 Å². The van der Waals surface area contributed by atoms with E-state index in [9.17, 15) is 9.59 Å². The van der Waals surface area contributed by atoms with Crippen molar-refractivity contribution in [2.75, 3.05) is 26.7 Å². The third-order valence-electron chi connectivity index (χ3n) is 4.53. The Kier molecular flexibility index (Phi) is 5.25. The van der Waals surface area contributed by atoms with Crippen LogP contribution in [0.1, 0.15) is 40.0 Å². The molecule has 1 saturated heterocycles. The standard InChI is InChI=1S/C16H29N3O2/c1-11-7-12(2)9-19(8-11)16(21)13(3)18(4)10-15(20)17-14-5-6-14/h11-14H,5-10H2,1-4H3,(H,17,20)/t11-,12-,13+/m0/s1. The van der Waals surface area contributed by atoms with Crippen LogP contribution in [-0.4, -0.2) is 60.4 Å². The van der Waals surface area contributed by atoms with Crippen molar-refractivity contribution in [1.82, 2.24) is 15.1 Å². The molecule has 0 spiro atoms. The molecule has 21 heavy (non-hydrogen) atoms. The molecule has 5 heteroatoms. The van der Waals surface area contributed by atoms with Crippen molar-refractivity contribution in [3.63, 3.8) is 0 Å². The van der Waals surface area contributed by atoms with Crippen molar-refractivity contribution in [1.29, 1.82) is 0 Å². The highest BCUT2D eigenvalue weighted by Gasteiger charge is 2.31. The first-order chi connectivity index (χ1) is 9.86. The van der Waals surface area contributed by atoms with Gasteiger partial charge in [-0.05, 0) is 45.1 Å². The molecule has 1 aliphatic heterocycles. The van der Waals surface area contributed by atoms with Gasteiger partial charge in [-0.15, -0.1) is 0 Å². The average molecular weight is 295 g/mol. The van der Waals surface area contributed by atoms with Crippen LogP contribution in [0.5, 0.6) is 0 Å². The first-order valence-electron chi connectivity index (χ1n) is 8.15. The zero-order chi connectivity index (χ0) is 15.6. The molecular formula is C16H29N3O2. The van der Waals surface area contributed by atoms with Gasteiger partial charge in [-0.25, -0.2) is 0 Å². The van der Waals surface area contributed by atoms with Gasteiger partial charge in [-0.3, -0.25) is 14.5 Å². The lowest BCUT2D eigenvalue weighted by Crippen LogP contribution is -2.52. The van der Waals surface area contributed by atoms with Crippen LogP contribution in [0.4, 0.5) is 0 Å². The molecule has 0 bridgehead atoms. The maximum Gasteiger partial charge on any atom is 0.239 e. The third kappa shape index (κ3) is 4.70. The van der Waals surface area contributed by atoms with E-state index in [-0.39, 0.29) is 17.9 Å². The molecule has 3 atom stereocenters. The number of piperidine rings is 1. The molecular weight excluding hydrogens is 266 g/mol. The molecule has 0 unspecified atom stereocenters. The first kappa shape index (κ1) is 16.3. The Bertz CT molecular complexity index is 385. The minimum Gasteiger partial charge on any atom is -0.352 e. The Hall–Kier alpha value is -1.10. The Morgan fingerprint density at radius 2 is 1.81 bits per heavy atom. The van der Waals surface area contributed by atoms with Crippen LogP contribution in [0.25, 0.3) is 0 Å². The van der Waals surface area contributed by atoms with Crippen molar-refractivity contribution in [2.45, 2.75) is 52.1 Å². The maximum absolute atomic E-state index is 12.6. The average Bonchev–Trinajstić information content (AvgIpc) is 3.19. The summed E-state index contributed by atoms with van der Waals surface area (Å²) in [5, 5.41) is 2.97. The van der Waals surface area contributed by atoms with Crippen LogP contribution in [0, 0.1) is 11.8 Å². The van der Waals surface area contributed by atoms with Gasteiger partial charge in [0.15, 0.2) is 0 Å². The summed E-state index contributed by atoms with van der Waals surface area (Å²) in [6, 6.07) is 0.133. The zero-order valence-electron chi connectivity index (χ0n) is 13.8. The summed E-state index contributed by atoms with van der Waals surface area (Å²) in [5.74, 6) is 1.30. The number of carbonyl (C=O) groups excluding carboxylic acids is 2. The number of hydrogen-bond acceptors (Lipinski definition) is 3. The zero-order valence-corrected chi connectivity index (χ0v) is 13.8. The summed E-state index contributed by atoms with van der Waals surface area (Å²) in [5.41, 5.74) is 0. The van der Waals surface area contributed by atoms with Gasteiger partial charge in [0, 0.05) is 19.1 Å². The predicted molar refractivity (Wildman–Crippen MR) is 82.8 cm³/mol. The van der Waals surface area contributed by atoms with Gasteiger partial charge in [0.1, 0.15) is 0 Å². The SMILES string of the molecule is C[C@H]1C[C@H](C)CN(C(=O)[C@@H](C)N(C)CC(=O)NC2CC2)C1. The number of rotatable bonds is 5. The predicted octanol–water partition coefficient (Wildman–Crippen LogP) is 1.09. The van der Waals surface area contributed by atoms with E-state index in [1.807, 2.05) is 23.8 Å². The minimum atomic E-state index is -0.243. The number of nitrogens with zero attached hydrogens (tertiary/aromatic N) is 2. The second-order valence-corrected chi connectivity index (χ2v) is 7.12. The van der Waals surface area contributed by atoms with Crippen LogP contribution in [0.15, 0.2) is 0 Å². The fraction of sp³-hybridized carbons (Fsp3) is 0.875. The number of nitrogens with one attached hydrogen (secondary N) is 1. The van der Waals surface area contributed by atoms with Crippen LogP contribution in [-0.2, 0) is 9.59 Å². The van der Waals surface area contributed by atoms with Crippen LogP contribution >= 0.6 is 0 Å². The minimum absolute atomic E-state index is 0.0278. The first-order valence-corrected chi connectivity index (χ1v) is 8.15. The summed E-state index contributed by atoms with van der Waals surface area (Å²) in [7, 11) is 1.85. The monoisotopic (exact) mass is 295 g/mol. The molecule has 0 aromatic carbocycles. The second kappa shape index (κ2) is 6.77. The lowest BCUT2D eigenvalue weighted by atomic mass is 9.91. The normalized spacial score (nSPS) is 27.6. The fourth-order valence-electron chi connectivity index (χ4n) is 3.16. The van der Waals surface area contributed by atoms with Crippen molar-refractivity contribution >= 4 is 11.8 Å². The quantitative estimate of drug-likeness (QED) is 0.826. The molecule has 0 aromatic heterocycles. The molecule has 2 rings (SSSR count). The molecule has 2 aliphatic rings. The number of amides is 2. The van der Waals surface area contributed by atoms with Gasteiger partial charge in [0.25, 0.3) is 0 Å². The smallest absolute Gasteiger partial charge is 0.239 e. The number of likely N-dealkylation sites (tertiary alicyclic amines) is 1. The van der Waals surface area contributed by atoms with E-state index < -0.39 is 0 Å². The number of carbonyl (C=O) groups is 2. The van der Waals surface area contributed by atoms with Crippen molar-refractivity contribution < 1.29 is 9.59 Å². The summed E-state index contributed by atoms with van der Waals surface area (Å²) >= 11 is 0. The van der Waals surface area contributed by atoms with Crippen molar-refractivity contribution in [3.8, 4) is 0 Å². The molecule has 0 aromatic rings. The lowest BCUT2D eigenvalue weighted by Gasteiger charge is -2.38. The highest BCUT2D eigenvalue weighted by molar-refractivity contribution is 5.83. The van der Waals surface area contributed by atoms with E-state index in [4.69, 9.17) is 0 Å². The molecule has 1 saturated carbocycles. The summed E-state index contributed by atoms with van der Waals surface area (Å²) < 4.78 is 0. The Morgan fingerprint density at radius 1 is 1.24 bits per heavy atom. The molecule has 1 heterocycles. The van der Waals surface area contributed by atoms with E-state index in [1.54, 1.807) is 0 Å². The summed E-state index contributed by atoms with van der Waals surface area (Å²) in [6.07, 6.45) is 3.37. The Labute approximate surface area is 128 Å². The summed E-state index contributed by atoms with van der Waals surface area (Å²) in [4.78, 5) is 28.3. The van der Waals surface area contributed by atoms with Crippen LogP contribution in [0.2, 0.25) is 0 Å². The Balaban J connectivity index is 1.83. The molecule has 0 radical (unpaired) electrons. The van der Waals surface area contributed by atoms with E-state index in [0.29, 0.717) is 24.4 Å². The third-order valence-corrected chi connectivity index (χ3v) is 4.53. The van der Waals surface area contributed by atoms with Gasteiger partial charge >= 0.3 is 0 Å². The molecule has 2 fully saturated rings. The van der Waals surface area contributed by atoms with E-state index in [2.05, 4.69) is 19.2 Å². The second-order valence-electron chi connectivity index (χ2n) is 7.12. The van der Waals surface area contributed by atoms with Crippen LogP contribution < -0.4 is 5.32 Å². The van der Waals surface area contributed by atoms with Crippen molar-refractivity contribution in [2.24, 2.45) is 11.8 Å². The number of hydrogen-bond donors (Lipinski definition) is 1. The topological polar surface area (TPSA) is 52.7 Å². The highest BCUT2D eigenvalue weighted by atomic mass is 16.2. The van der Waals surface area contributed by atoms with Gasteiger partial charge < -0.3 is 10.2 Å². The van der Waals surface area contributed by atoms with E-state index in [1.165, 1.54) is 6.42 Å². The lowest BCUT2D eigenvalue weighted by molar-refractivity contribution is -0.139. The van der Waals surface area contributed by atoms with Crippen molar-refractivity contribution in [3.05, 3.63) is 0 Å². The molecule has 5 nitrogen and oxygen atoms in total. The van der Waals surface area contributed by atoms with E-state index in [0.717, 1.165) is 25.9 Å². The molecule has 1 aliphatic carbocycles. The molecule has 1 N–H and O–H groups in total. The van der Waals surface area contributed by atoms with Gasteiger partial charge in [-0.1, -0.05) is 13.8 Å².